The predicted octanol–water partition coefficient (Wildman–Crippen LogP) is 3.84. The van der Waals surface area contributed by atoms with E-state index in [1.165, 1.54) is 6.07 Å². The molecule has 0 saturated heterocycles. The highest BCUT2D eigenvalue weighted by Gasteiger charge is 2.38. The van der Waals surface area contributed by atoms with Crippen molar-refractivity contribution in [3.05, 3.63) is 58.5 Å². The molecule has 0 radical (unpaired) electrons. The number of thiophene rings is 1. The van der Waals surface area contributed by atoms with E-state index < -0.39 is 12.2 Å². The molecule has 1 aromatic heterocycles. The maximum atomic E-state index is 12.8. The topological polar surface area (TPSA) is 88.0 Å². The van der Waals surface area contributed by atoms with E-state index in [4.69, 9.17) is 9.47 Å². The Balaban J connectivity index is 1.89. The molecule has 0 fully saturated rings. The Kier molecular flexibility index (Phi) is 7.08. The first-order chi connectivity index (χ1) is 13.6. The molecule has 0 spiro atoms. The monoisotopic (exact) mass is 403 g/mol. The number of hydrogen-bond acceptors (Lipinski definition) is 6. The maximum Gasteiger partial charge on any atom is 0.290 e. The van der Waals surface area contributed by atoms with Gasteiger partial charge < -0.3 is 25.0 Å². The lowest BCUT2D eigenvalue weighted by Crippen LogP contribution is -2.37. The number of para-hydroxylation sites is 2. The van der Waals surface area contributed by atoms with Crippen molar-refractivity contribution in [2.45, 2.75) is 32.0 Å². The molecule has 0 saturated carbocycles. The number of ether oxygens (including phenoxy) is 2. The number of hydrogen-bond donors (Lipinski definition) is 3. The summed E-state index contributed by atoms with van der Waals surface area (Å²) in [5, 5.41) is 25.9. The zero-order valence-electron chi connectivity index (χ0n) is 15.7. The van der Waals surface area contributed by atoms with Gasteiger partial charge in [-0.1, -0.05) is 12.1 Å². The van der Waals surface area contributed by atoms with Gasteiger partial charge in [-0.2, -0.15) is 11.3 Å². The molecule has 1 aromatic carbocycles. The molecule has 2 aromatic rings. The van der Waals surface area contributed by atoms with Crippen molar-refractivity contribution in [3.8, 4) is 5.75 Å². The van der Waals surface area contributed by atoms with E-state index in [-0.39, 0.29) is 30.0 Å². The Hall–Kier alpha value is -2.35. The van der Waals surface area contributed by atoms with Crippen LogP contribution in [0, 0.1) is 5.92 Å². The van der Waals surface area contributed by atoms with Crippen molar-refractivity contribution in [2.75, 3.05) is 18.5 Å². The number of phenols is 1. The average molecular weight is 404 g/mol. The maximum absolute atomic E-state index is 12.8. The van der Waals surface area contributed by atoms with Crippen LogP contribution in [-0.2, 0) is 14.3 Å². The Morgan fingerprint density at radius 3 is 2.82 bits per heavy atom. The first kappa shape index (κ1) is 20.4. The summed E-state index contributed by atoms with van der Waals surface area (Å²) in [7, 11) is 0. The molecule has 6 nitrogen and oxygen atoms in total. The number of aromatic hydroxyl groups is 1. The second kappa shape index (κ2) is 9.73. The van der Waals surface area contributed by atoms with Crippen molar-refractivity contribution in [2.24, 2.45) is 5.92 Å². The second-order valence-electron chi connectivity index (χ2n) is 6.56. The summed E-state index contributed by atoms with van der Waals surface area (Å²) >= 11 is 1.59. The molecular weight excluding hydrogens is 378 g/mol. The van der Waals surface area contributed by atoms with E-state index in [1.807, 2.05) is 24.4 Å². The minimum atomic E-state index is -0.587. The van der Waals surface area contributed by atoms with Crippen LogP contribution >= 0.6 is 11.3 Å². The molecule has 0 bridgehead atoms. The third-order valence-corrected chi connectivity index (χ3v) is 5.42. The van der Waals surface area contributed by atoms with Gasteiger partial charge >= 0.3 is 0 Å². The van der Waals surface area contributed by atoms with Crippen LogP contribution in [0.25, 0.3) is 0 Å². The summed E-state index contributed by atoms with van der Waals surface area (Å²) in [6.07, 6.45) is 2.57. The van der Waals surface area contributed by atoms with Crippen LogP contribution in [0.1, 0.15) is 31.2 Å². The second-order valence-corrected chi connectivity index (χ2v) is 7.34. The van der Waals surface area contributed by atoms with Gasteiger partial charge in [-0.3, -0.25) is 4.79 Å². The Morgan fingerprint density at radius 1 is 1.32 bits per heavy atom. The predicted molar refractivity (Wildman–Crippen MR) is 108 cm³/mol. The number of aliphatic hydroxyl groups is 1. The zero-order valence-corrected chi connectivity index (χ0v) is 16.5. The normalized spacial score (nSPS) is 21.6. The fraction of sp³-hybridized carbons (Fsp3) is 0.381. The molecule has 28 heavy (non-hydrogen) atoms. The largest absolute Gasteiger partial charge is 0.506 e. The molecule has 3 rings (SSSR count). The summed E-state index contributed by atoms with van der Waals surface area (Å²) in [4.78, 5) is 12.8. The van der Waals surface area contributed by atoms with E-state index >= 15 is 0 Å². The van der Waals surface area contributed by atoms with Crippen molar-refractivity contribution < 1.29 is 24.5 Å². The molecule has 2 heterocycles. The molecule has 1 aliphatic rings. The molecule has 3 N–H and O–H groups in total. The summed E-state index contributed by atoms with van der Waals surface area (Å²) < 4.78 is 11.7. The Bertz CT molecular complexity index is 805. The summed E-state index contributed by atoms with van der Waals surface area (Å²) in [5.74, 6) is -0.356. The van der Waals surface area contributed by atoms with Gasteiger partial charge in [0.25, 0.3) is 5.91 Å². The Labute approximate surface area is 168 Å². The first-order valence-corrected chi connectivity index (χ1v) is 10.3. The lowest BCUT2D eigenvalue weighted by Gasteiger charge is -2.36. The van der Waals surface area contributed by atoms with Crippen molar-refractivity contribution >= 4 is 22.9 Å². The van der Waals surface area contributed by atoms with Gasteiger partial charge in [0.2, 0.25) is 6.29 Å². The number of nitrogens with one attached hydrogen (secondary N) is 1. The number of rotatable bonds is 8. The molecule has 150 valence electrons. The molecule has 0 aliphatic carbocycles. The highest BCUT2D eigenvalue weighted by Crippen LogP contribution is 2.40. The molecule has 1 amide bonds. The van der Waals surface area contributed by atoms with Gasteiger partial charge in [0.15, 0.2) is 5.76 Å². The summed E-state index contributed by atoms with van der Waals surface area (Å²) in [5.41, 5.74) is 1.41. The number of benzene rings is 1. The number of carbonyl (C=O) groups is 1. The van der Waals surface area contributed by atoms with E-state index in [0.717, 1.165) is 5.56 Å². The molecular formula is C21H25NO5S. The van der Waals surface area contributed by atoms with Crippen LogP contribution in [0.2, 0.25) is 0 Å². The first-order valence-electron chi connectivity index (χ1n) is 9.36. The number of carbonyl (C=O) groups excluding carboxylic acids is 1. The van der Waals surface area contributed by atoms with Gasteiger partial charge in [-0.25, -0.2) is 0 Å². The number of aliphatic hydroxyl groups excluding tert-OH is 1. The van der Waals surface area contributed by atoms with Gasteiger partial charge in [0.1, 0.15) is 5.75 Å². The van der Waals surface area contributed by atoms with Gasteiger partial charge in [0.05, 0.1) is 5.69 Å². The van der Waals surface area contributed by atoms with Gasteiger partial charge in [0, 0.05) is 25.0 Å². The highest BCUT2D eigenvalue weighted by atomic mass is 32.1. The number of amides is 1. The van der Waals surface area contributed by atoms with Crippen molar-refractivity contribution in [1.29, 1.82) is 0 Å². The van der Waals surface area contributed by atoms with Crippen LogP contribution in [0.15, 0.2) is 52.9 Å². The van der Waals surface area contributed by atoms with Gasteiger partial charge in [-0.15, -0.1) is 0 Å². The minimum Gasteiger partial charge on any atom is -0.506 e. The smallest absolute Gasteiger partial charge is 0.290 e. The fourth-order valence-electron chi connectivity index (χ4n) is 3.37. The van der Waals surface area contributed by atoms with Crippen molar-refractivity contribution in [3.63, 3.8) is 0 Å². The SMILES string of the molecule is CCO[C@@H]1OC(C(=O)Nc2ccccc2O)=C[C@H](c2ccsc2)[C@H]1CCCO. The van der Waals surface area contributed by atoms with E-state index in [9.17, 15) is 15.0 Å². The van der Waals surface area contributed by atoms with E-state index in [0.29, 0.717) is 25.1 Å². The molecule has 0 unspecified atom stereocenters. The standard InChI is InChI=1S/C21H25NO5S/c1-2-26-21-15(6-5-10-23)16(14-9-11-28-13-14)12-19(27-21)20(25)22-17-7-3-4-8-18(17)24/h3-4,7-9,11-13,15-16,21,23-24H,2,5-6,10H2,1H3,(H,22,25)/t15-,16-,21-/m1/s1. The Morgan fingerprint density at radius 2 is 2.14 bits per heavy atom. The van der Waals surface area contributed by atoms with E-state index in [1.54, 1.807) is 29.5 Å². The van der Waals surface area contributed by atoms with Gasteiger partial charge in [-0.05, 0) is 60.4 Å². The minimum absolute atomic E-state index is 0.0103. The third kappa shape index (κ3) is 4.73. The fourth-order valence-corrected chi connectivity index (χ4v) is 4.08. The van der Waals surface area contributed by atoms with Crippen LogP contribution in [0.4, 0.5) is 5.69 Å². The number of phenolic OH excluding ortho intramolecular Hbond substituents is 1. The van der Waals surface area contributed by atoms with Crippen LogP contribution in [0.3, 0.4) is 0 Å². The average Bonchev–Trinajstić information content (AvgIpc) is 3.23. The summed E-state index contributed by atoms with van der Waals surface area (Å²) in [6.45, 7) is 2.42. The lowest BCUT2D eigenvalue weighted by atomic mass is 9.81. The van der Waals surface area contributed by atoms with Crippen LogP contribution in [-0.4, -0.2) is 35.6 Å². The number of anilines is 1. The zero-order chi connectivity index (χ0) is 19.9. The lowest BCUT2D eigenvalue weighted by molar-refractivity contribution is -0.164. The summed E-state index contributed by atoms with van der Waals surface area (Å²) in [6, 6.07) is 8.58. The third-order valence-electron chi connectivity index (χ3n) is 4.72. The molecule has 7 heteroatoms. The molecule has 1 aliphatic heterocycles. The number of allylic oxidation sites excluding steroid dienone is 1. The van der Waals surface area contributed by atoms with Crippen LogP contribution < -0.4 is 5.32 Å². The molecule has 3 atom stereocenters. The van der Waals surface area contributed by atoms with Crippen LogP contribution in [0.5, 0.6) is 5.75 Å². The van der Waals surface area contributed by atoms with Crippen molar-refractivity contribution in [1.82, 2.24) is 0 Å². The van der Waals surface area contributed by atoms with E-state index in [2.05, 4.69) is 10.7 Å². The quantitative estimate of drug-likeness (QED) is 0.583. The highest BCUT2D eigenvalue weighted by molar-refractivity contribution is 7.08.